The van der Waals surface area contributed by atoms with Gasteiger partial charge < -0.3 is 24.3 Å². The highest BCUT2D eigenvalue weighted by molar-refractivity contribution is 7.81. The Morgan fingerprint density at radius 2 is 1.66 bits per heavy atom. The van der Waals surface area contributed by atoms with Gasteiger partial charge in [0.1, 0.15) is 4.99 Å². The predicted octanol–water partition coefficient (Wildman–Crippen LogP) is 3.91. The van der Waals surface area contributed by atoms with Gasteiger partial charge in [-0.05, 0) is 23.8 Å². The van der Waals surface area contributed by atoms with Crippen LogP contribution in [0, 0.1) is 0 Å². The average Bonchev–Trinajstić information content (AvgIpc) is 3.35. The van der Waals surface area contributed by atoms with Crippen LogP contribution in [0.4, 0.5) is 0 Å². The van der Waals surface area contributed by atoms with Crippen LogP contribution in [0.5, 0.6) is 11.5 Å². The maximum atomic E-state index is 5.62. The van der Waals surface area contributed by atoms with E-state index in [0.29, 0.717) is 6.79 Å². The Labute approximate surface area is 180 Å². The number of benzene rings is 2. The molecule has 5 nitrogen and oxygen atoms in total. The Bertz CT molecular complexity index is 1090. The van der Waals surface area contributed by atoms with Gasteiger partial charge >= 0.3 is 0 Å². The minimum absolute atomic E-state index is 0.239. The molecule has 1 fully saturated rings. The number of nitrogens with zero attached hydrogens (tertiary/aromatic N) is 2. The number of aromatic amines is 1. The molecule has 6 rings (SSSR count). The van der Waals surface area contributed by atoms with E-state index in [2.05, 4.69) is 39.0 Å². The fourth-order valence-electron chi connectivity index (χ4n) is 4.16. The number of hydrogen-bond donors (Lipinski definition) is 1. The van der Waals surface area contributed by atoms with Gasteiger partial charge in [0.25, 0.3) is 0 Å². The number of rotatable bonds is 0. The summed E-state index contributed by atoms with van der Waals surface area (Å²) in [6, 6.07) is 16.4. The first-order chi connectivity index (χ1) is 14.1. The number of H-pyrrole nitrogens is 1. The van der Waals surface area contributed by atoms with Crippen molar-refractivity contribution in [2.24, 2.45) is 0 Å². The summed E-state index contributed by atoms with van der Waals surface area (Å²) in [7, 11) is 2.04. The third-order valence-corrected chi connectivity index (χ3v) is 6.58. The molecular formula is C22H21N3O2S2. The third-order valence-electron chi connectivity index (χ3n) is 5.64. The van der Waals surface area contributed by atoms with Gasteiger partial charge in [-0.3, -0.25) is 0 Å². The molecule has 148 valence electrons. The molecule has 3 aliphatic rings. The number of fused-ring (bicyclic) bond motifs is 5. The van der Waals surface area contributed by atoms with Crippen molar-refractivity contribution < 1.29 is 9.47 Å². The van der Waals surface area contributed by atoms with E-state index < -0.39 is 0 Å². The van der Waals surface area contributed by atoms with Gasteiger partial charge in [0.15, 0.2) is 11.5 Å². The first kappa shape index (κ1) is 18.4. The van der Waals surface area contributed by atoms with Crippen LogP contribution in [0.2, 0.25) is 0 Å². The highest BCUT2D eigenvalue weighted by Crippen LogP contribution is 2.33. The highest BCUT2D eigenvalue weighted by atomic mass is 32.1. The molecule has 0 saturated carbocycles. The number of ether oxygens (including phenoxy) is 2. The van der Waals surface area contributed by atoms with E-state index in [-0.39, 0.29) is 6.04 Å². The molecule has 0 spiro atoms. The van der Waals surface area contributed by atoms with Crippen molar-refractivity contribution in [3.05, 3.63) is 59.8 Å². The number of hydrogen-bond acceptors (Lipinski definition) is 4. The van der Waals surface area contributed by atoms with Gasteiger partial charge in [-0.25, -0.2) is 0 Å². The van der Waals surface area contributed by atoms with Crippen LogP contribution < -0.4 is 9.47 Å². The molecule has 1 saturated heterocycles. The van der Waals surface area contributed by atoms with E-state index in [1.165, 1.54) is 22.2 Å². The molecule has 29 heavy (non-hydrogen) atoms. The lowest BCUT2D eigenvalue weighted by Crippen LogP contribution is -2.59. The summed E-state index contributed by atoms with van der Waals surface area (Å²) in [5.41, 5.74) is 3.90. The standard InChI is InChI=1S/C15H15N3S2.C7H6O2/c1-17-8-14(19)18-7-12-10(6-13(18)15(17)20)9-4-2-3-5-11(9)16-12;1-2-4-7-6(3-1)8-5-9-7/h2-5,13,16H,6-8H2,1H3;1-4H,5H2/t13-;/m0./s1. The van der Waals surface area contributed by atoms with Gasteiger partial charge in [-0.15, -0.1) is 0 Å². The van der Waals surface area contributed by atoms with Crippen LogP contribution >= 0.6 is 24.4 Å². The Balaban J connectivity index is 0.000000168. The Morgan fingerprint density at radius 3 is 2.41 bits per heavy atom. The van der Waals surface area contributed by atoms with Crippen LogP contribution in [0.25, 0.3) is 10.9 Å². The minimum atomic E-state index is 0.239. The number of aromatic nitrogens is 1. The summed E-state index contributed by atoms with van der Waals surface area (Å²) >= 11 is 11.2. The predicted molar refractivity (Wildman–Crippen MR) is 122 cm³/mol. The van der Waals surface area contributed by atoms with Gasteiger partial charge in [-0.2, -0.15) is 0 Å². The number of nitrogens with one attached hydrogen (secondary N) is 1. The largest absolute Gasteiger partial charge is 0.454 e. The molecule has 0 aliphatic carbocycles. The van der Waals surface area contributed by atoms with Crippen LogP contribution in [0.15, 0.2) is 48.5 Å². The minimum Gasteiger partial charge on any atom is -0.454 e. The second-order valence-corrected chi connectivity index (χ2v) is 8.31. The molecule has 7 heteroatoms. The fourth-order valence-corrected chi connectivity index (χ4v) is 4.82. The number of likely N-dealkylation sites (N-methyl/N-ethyl adjacent to an activating group) is 1. The number of para-hydroxylation sites is 3. The first-order valence-electron chi connectivity index (χ1n) is 9.59. The first-order valence-corrected chi connectivity index (χ1v) is 10.4. The Hall–Kier alpha value is -2.64. The number of thiocarbonyl (C=S) groups is 2. The lowest BCUT2D eigenvalue weighted by atomic mass is 9.95. The van der Waals surface area contributed by atoms with Gasteiger partial charge in [-0.1, -0.05) is 54.8 Å². The van der Waals surface area contributed by atoms with E-state index in [4.69, 9.17) is 33.9 Å². The summed E-state index contributed by atoms with van der Waals surface area (Å²) in [6.45, 7) is 1.97. The normalized spacial score (nSPS) is 19.6. The summed E-state index contributed by atoms with van der Waals surface area (Å²) in [5, 5.41) is 1.32. The highest BCUT2D eigenvalue weighted by Gasteiger charge is 2.37. The van der Waals surface area contributed by atoms with Crippen molar-refractivity contribution in [1.29, 1.82) is 0 Å². The second kappa shape index (κ2) is 7.31. The smallest absolute Gasteiger partial charge is 0.231 e. The van der Waals surface area contributed by atoms with Crippen molar-refractivity contribution >= 4 is 45.3 Å². The Kier molecular flexibility index (Phi) is 4.64. The summed E-state index contributed by atoms with van der Waals surface area (Å²) in [6.07, 6.45) is 0.947. The topological polar surface area (TPSA) is 40.7 Å². The third kappa shape index (κ3) is 3.24. The molecule has 1 N–H and O–H groups in total. The molecular weight excluding hydrogens is 402 g/mol. The quantitative estimate of drug-likeness (QED) is 0.553. The van der Waals surface area contributed by atoms with Crippen LogP contribution in [-0.2, 0) is 13.0 Å². The van der Waals surface area contributed by atoms with Crippen LogP contribution in [0.1, 0.15) is 11.3 Å². The molecule has 0 radical (unpaired) electrons. The molecule has 3 aromatic rings. The van der Waals surface area contributed by atoms with Crippen LogP contribution in [-0.4, -0.2) is 51.2 Å². The molecule has 1 atom stereocenters. The fraction of sp³-hybridized carbons (Fsp3) is 0.273. The van der Waals surface area contributed by atoms with Crippen molar-refractivity contribution in [2.75, 3.05) is 20.4 Å². The SMILES string of the molecule is CN1CC(=S)N2Cc3[nH]c4ccccc4c3C[C@H]2C1=S.c1ccc2c(c1)OCO2. The second-order valence-electron chi connectivity index (χ2n) is 7.42. The van der Waals surface area contributed by atoms with Gasteiger partial charge in [0, 0.05) is 30.1 Å². The maximum Gasteiger partial charge on any atom is 0.231 e. The maximum absolute atomic E-state index is 5.62. The van der Waals surface area contributed by atoms with E-state index >= 15 is 0 Å². The molecule has 0 unspecified atom stereocenters. The zero-order valence-corrected chi connectivity index (χ0v) is 17.7. The molecule has 3 aliphatic heterocycles. The zero-order chi connectivity index (χ0) is 20.0. The Morgan fingerprint density at radius 1 is 0.966 bits per heavy atom. The van der Waals surface area contributed by atoms with Gasteiger partial charge in [0.2, 0.25) is 6.79 Å². The van der Waals surface area contributed by atoms with E-state index in [1.54, 1.807) is 0 Å². The number of piperazine rings is 1. The average molecular weight is 424 g/mol. The van der Waals surface area contributed by atoms with Crippen molar-refractivity contribution in [2.45, 2.75) is 19.0 Å². The zero-order valence-electron chi connectivity index (χ0n) is 16.1. The lowest BCUT2D eigenvalue weighted by Gasteiger charge is -2.45. The summed E-state index contributed by atoms with van der Waals surface area (Å²) in [5.74, 6) is 1.69. The van der Waals surface area contributed by atoms with E-state index in [9.17, 15) is 0 Å². The summed E-state index contributed by atoms with van der Waals surface area (Å²) < 4.78 is 10.2. The van der Waals surface area contributed by atoms with Crippen LogP contribution in [0.3, 0.4) is 0 Å². The summed E-state index contributed by atoms with van der Waals surface area (Å²) in [4.78, 5) is 9.94. The molecule has 1 aromatic heterocycles. The van der Waals surface area contributed by atoms with Gasteiger partial charge in [0.05, 0.1) is 24.1 Å². The molecule has 0 bridgehead atoms. The molecule has 4 heterocycles. The van der Waals surface area contributed by atoms with E-state index in [1.807, 2.05) is 31.3 Å². The van der Waals surface area contributed by atoms with Crippen molar-refractivity contribution in [3.8, 4) is 11.5 Å². The molecule has 0 amide bonds. The molecule has 2 aromatic carbocycles. The van der Waals surface area contributed by atoms with Crippen molar-refractivity contribution in [3.63, 3.8) is 0 Å². The monoisotopic (exact) mass is 423 g/mol. The van der Waals surface area contributed by atoms with Crippen molar-refractivity contribution in [1.82, 2.24) is 14.8 Å². The van der Waals surface area contributed by atoms with E-state index in [0.717, 1.165) is 41.0 Å². The lowest BCUT2D eigenvalue weighted by molar-refractivity contribution is 0.174.